The van der Waals surface area contributed by atoms with Gasteiger partial charge in [-0.25, -0.2) is 0 Å². The van der Waals surface area contributed by atoms with Crippen LogP contribution in [0, 0.1) is 5.92 Å². The van der Waals surface area contributed by atoms with Gasteiger partial charge in [-0.2, -0.15) is 0 Å². The Morgan fingerprint density at radius 3 is 2.61 bits per heavy atom. The van der Waals surface area contributed by atoms with E-state index in [2.05, 4.69) is 17.6 Å². The van der Waals surface area contributed by atoms with Crippen LogP contribution in [0.25, 0.3) is 0 Å². The van der Waals surface area contributed by atoms with Crippen molar-refractivity contribution in [2.24, 2.45) is 5.92 Å². The molecular weight excluding hydrogens is 290 g/mol. The van der Waals surface area contributed by atoms with Crippen LogP contribution in [0.4, 0.5) is 5.69 Å². The maximum atomic E-state index is 12.6. The third-order valence-electron chi connectivity index (χ3n) is 4.08. The van der Waals surface area contributed by atoms with Gasteiger partial charge in [0, 0.05) is 30.4 Å². The second kappa shape index (κ2) is 7.99. The van der Waals surface area contributed by atoms with Gasteiger partial charge in [0.25, 0.3) is 5.91 Å². The zero-order valence-electron chi connectivity index (χ0n) is 14.3. The Labute approximate surface area is 138 Å². The predicted molar refractivity (Wildman–Crippen MR) is 92.5 cm³/mol. The van der Waals surface area contributed by atoms with Crippen molar-refractivity contribution in [3.05, 3.63) is 29.8 Å². The average molecular weight is 317 g/mol. The topological polar surface area (TPSA) is 61.4 Å². The van der Waals surface area contributed by atoms with Gasteiger partial charge in [0.2, 0.25) is 5.91 Å². The Morgan fingerprint density at radius 2 is 1.96 bits per heavy atom. The van der Waals surface area contributed by atoms with Crippen LogP contribution in [0.2, 0.25) is 0 Å². The minimum atomic E-state index is -0.0539. The number of carbonyl (C=O) groups excluding carboxylic acids is 2. The van der Waals surface area contributed by atoms with E-state index < -0.39 is 0 Å². The number of anilines is 1. The molecule has 1 aromatic carbocycles. The first kappa shape index (κ1) is 17.3. The van der Waals surface area contributed by atoms with Crippen LogP contribution in [0.15, 0.2) is 24.3 Å². The molecule has 1 saturated heterocycles. The highest BCUT2D eigenvalue weighted by Gasteiger charge is 2.21. The lowest BCUT2D eigenvalue weighted by Crippen LogP contribution is -2.38. The molecule has 0 aliphatic carbocycles. The molecule has 0 aromatic heterocycles. The number of nitrogens with zero attached hydrogens (tertiary/aromatic N) is 1. The fraction of sp³-hybridized carbons (Fsp3) is 0.556. The van der Waals surface area contributed by atoms with E-state index in [1.807, 2.05) is 43.0 Å². The van der Waals surface area contributed by atoms with Gasteiger partial charge in [0.05, 0.1) is 6.54 Å². The molecule has 0 saturated carbocycles. The van der Waals surface area contributed by atoms with Crippen molar-refractivity contribution < 1.29 is 9.59 Å². The highest BCUT2D eigenvalue weighted by molar-refractivity contribution is 5.95. The summed E-state index contributed by atoms with van der Waals surface area (Å²) in [5, 5.41) is 5.90. The normalized spacial score (nSPS) is 15.6. The van der Waals surface area contributed by atoms with E-state index in [-0.39, 0.29) is 24.4 Å². The molecule has 0 atom stereocenters. The summed E-state index contributed by atoms with van der Waals surface area (Å²) in [5.74, 6) is 0.723. The van der Waals surface area contributed by atoms with Crippen LogP contribution in [0.3, 0.4) is 0 Å². The Bertz CT molecular complexity index is 549. The van der Waals surface area contributed by atoms with Crippen LogP contribution in [-0.4, -0.2) is 42.4 Å². The van der Waals surface area contributed by atoms with Crippen molar-refractivity contribution in [3.63, 3.8) is 0 Å². The fourth-order valence-corrected chi connectivity index (χ4v) is 2.71. The van der Waals surface area contributed by atoms with Crippen molar-refractivity contribution in [1.82, 2.24) is 10.2 Å². The molecule has 2 amide bonds. The zero-order chi connectivity index (χ0) is 16.8. The summed E-state index contributed by atoms with van der Waals surface area (Å²) in [6.07, 6.45) is 2.14. The van der Waals surface area contributed by atoms with Crippen molar-refractivity contribution in [2.75, 3.05) is 25.0 Å². The lowest BCUT2D eigenvalue weighted by Gasteiger charge is -2.30. The molecule has 1 aliphatic heterocycles. The van der Waals surface area contributed by atoms with Gasteiger partial charge in [-0.15, -0.1) is 0 Å². The number of nitrogens with one attached hydrogen (secondary N) is 2. The number of piperidine rings is 1. The van der Waals surface area contributed by atoms with Gasteiger partial charge in [-0.3, -0.25) is 9.59 Å². The number of carbonyl (C=O) groups is 2. The Balaban J connectivity index is 1.94. The smallest absolute Gasteiger partial charge is 0.253 e. The van der Waals surface area contributed by atoms with Gasteiger partial charge in [-0.1, -0.05) is 13.0 Å². The molecule has 126 valence electrons. The molecular formula is C18H27N3O2. The SMILES string of the molecule is CC1CCN(C(=O)c2cccc(NCC(=O)NC(C)C)c2)CC1. The molecule has 1 heterocycles. The molecule has 5 heteroatoms. The second-order valence-corrected chi connectivity index (χ2v) is 6.63. The summed E-state index contributed by atoms with van der Waals surface area (Å²) < 4.78 is 0. The molecule has 0 spiro atoms. The summed E-state index contributed by atoms with van der Waals surface area (Å²) in [6, 6.07) is 7.50. The third kappa shape index (κ3) is 5.27. The molecule has 5 nitrogen and oxygen atoms in total. The van der Waals surface area contributed by atoms with Gasteiger partial charge in [-0.05, 0) is 50.8 Å². The molecule has 0 unspecified atom stereocenters. The molecule has 1 aromatic rings. The maximum Gasteiger partial charge on any atom is 0.253 e. The number of rotatable bonds is 5. The maximum absolute atomic E-state index is 12.6. The zero-order valence-corrected chi connectivity index (χ0v) is 14.3. The fourth-order valence-electron chi connectivity index (χ4n) is 2.71. The van der Waals surface area contributed by atoms with Gasteiger partial charge in [0.15, 0.2) is 0 Å². The van der Waals surface area contributed by atoms with E-state index in [1.54, 1.807) is 0 Å². The first-order valence-corrected chi connectivity index (χ1v) is 8.38. The summed E-state index contributed by atoms with van der Waals surface area (Å²) in [5.41, 5.74) is 1.47. The molecule has 0 radical (unpaired) electrons. The third-order valence-corrected chi connectivity index (χ3v) is 4.08. The molecule has 2 rings (SSSR count). The first-order valence-electron chi connectivity index (χ1n) is 8.38. The molecule has 0 bridgehead atoms. The number of benzene rings is 1. The van der Waals surface area contributed by atoms with Crippen LogP contribution in [0.5, 0.6) is 0 Å². The molecule has 2 N–H and O–H groups in total. The largest absolute Gasteiger partial charge is 0.376 e. The lowest BCUT2D eigenvalue weighted by atomic mass is 9.98. The molecule has 23 heavy (non-hydrogen) atoms. The number of likely N-dealkylation sites (tertiary alicyclic amines) is 1. The lowest BCUT2D eigenvalue weighted by molar-refractivity contribution is -0.119. The number of hydrogen-bond donors (Lipinski definition) is 2. The van der Waals surface area contributed by atoms with Gasteiger partial charge in [0.1, 0.15) is 0 Å². The summed E-state index contributed by atoms with van der Waals surface area (Å²) in [7, 11) is 0. The summed E-state index contributed by atoms with van der Waals surface area (Å²) in [4.78, 5) is 26.2. The summed E-state index contributed by atoms with van der Waals surface area (Å²) in [6.45, 7) is 7.95. The van der Waals surface area contributed by atoms with E-state index >= 15 is 0 Å². The Morgan fingerprint density at radius 1 is 1.26 bits per heavy atom. The van der Waals surface area contributed by atoms with E-state index in [0.29, 0.717) is 11.5 Å². The van der Waals surface area contributed by atoms with E-state index in [1.165, 1.54) is 0 Å². The number of hydrogen-bond acceptors (Lipinski definition) is 3. The van der Waals surface area contributed by atoms with Crippen LogP contribution in [-0.2, 0) is 4.79 Å². The van der Waals surface area contributed by atoms with Crippen LogP contribution < -0.4 is 10.6 Å². The quantitative estimate of drug-likeness (QED) is 0.877. The highest BCUT2D eigenvalue weighted by Crippen LogP contribution is 2.19. The predicted octanol–water partition coefficient (Wildman–Crippen LogP) is 2.50. The van der Waals surface area contributed by atoms with E-state index in [0.717, 1.165) is 31.6 Å². The summed E-state index contributed by atoms with van der Waals surface area (Å²) >= 11 is 0. The monoisotopic (exact) mass is 317 g/mol. The molecule has 1 fully saturated rings. The van der Waals surface area contributed by atoms with Gasteiger partial charge >= 0.3 is 0 Å². The Hall–Kier alpha value is -2.04. The average Bonchev–Trinajstić information content (AvgIpc) is 2.53. The minimum absolute atomic E-state index is 0.0539. The van der Waals surface area contributed by atoms with Crippen LogP contribution in [0.1, 0.15) is 44.0 Å². The first-order chi connectivity index (χ1) is 11.0. The second-order valence-electron chi connectivity index (χ2n) is 6.63. The highest BCUT2D eigenvalue weighted by atomic mass is 16.2. The van der Waals surface area contributed by atoms with Gasteiger partial charge < -0.3 is 15.5 Å². The molecule has 1 aliphatic rings. The number of amides is 2. The van der Waals surface area contributed by atoms with Crippen molar-refractivity contribution in [3.8, 4) is 0 Å². The van der Waals surface area contributed by atoms with Crippen molar-refractivity contribution in [2.45, 2.75) is 39.7 Å². The van der Waals surface area contributed by atoms with E-state index in [9.17, 15) is 9.59 Å². The van der Waals surface area contributed by atoms with Crippen molar-refractivity contribution >= 4 is 17.5 Å². The van der Waals surface area contributed by atoms with Crippen LogP contribution >= 0.6 is 0 Å². The Kier molecular flexibility index (Phi) is 6.02. The minimum Gasteiger partial charge on any atom is -0.376 e. The standard InChI is InChI=1S/C18H27N3O2/c1-13(2)20-17(22)12-19-16-6-4-5-15(11-16)18(23)21-9-7-14(3)8-10-21/h4-6,11,13-14,19H,7-10,12H2,1-3H3,(H,20,22). The van der Waals surface area contributed by atoms with E-state index in [4.69, 9.17) is 0 Å². The van der Waals surface area contributed by atoms with Crippen molar-refractivity contribution in [1.29, 1.82) is 0 Å².